The summed E-state index contributed by atoms with van der Waals surface area (Å²) in [5, 5.41) is 10.2. The first-order valence-corrected chi connectivity index (χ1v) is 7.57. The van der Waals surface area contributed by atoms with Crippen molar-refractivity contribution in [1.82, 2.24) is 0 Å². The van der Waals surface area contributed by atoms with E-state index in [0.717, 1.165) is 14.5 Å². The van der Waals surface area contributed by atoms with Crippen LogP contribution in [0.2, 0.25) is 0 Å². The van der Waals surface area contributed by atoms with Crippen molar-refractivity contribution in [3.05, 3.63) is 26.6 Å². The SMILES string of the molecule is CCC(O)(CC)COc1c(Br)cc(CN)cc1Br. The van der Waals surface area contributed by atoms with Crippen LogP contribution in [0.25, 0.3) is 0 Å². The minimum atomic E-state index is -0.772. The Morgan fingerprint density at radius 3 is 2.11 bits per heavy atom. The van der Waals surface area contributed by atoms with Gasteiger partial charge in [-0.1, -0.05) is 13.8 Å². The lowest BCUT2D eigenvalue weighted by atomic mass is 9.99. The van der Waals surface area contributed by atoms with E-state index in [1.807, 2.05) is 26.0 Å². The molecule has 0 unspecified atom stereocenters. The van der Waals surface area contributed by atoms with E-state index in [1.54, 1.807) is 0 Å². The van der Waals surface area contributed by atoms with E-state index in [0.29, 0.717) is 25.1 Å². The monoisotopic (exact) mass is 379 g/mol. The summed E-state index contributed by atoms with van der Waals surface area (Å²) in [4.78, 5) is 0. The van der Waals surface area contributed by atoms with Gasteiger partial charge in [-0.15, -0.1) is 0 Å². The Labute approximate surface area is 125 Å². The summed E-state index contributed by atoms with van der Waals surface area (Å²) in [6.07, 6.45) is 1.33. The minimum absolute atomic E-state index is 0.277. The summed E-state index contributed by atoms with van der Waals surface area (Å²) >= 11 is 6.92. The molecular formula is C13H19Br2NO2. The van der Waals surface area contributed by atoms with Gasteiger partial charge in [-0.25, -0.2) is 0 Å². The number of aliphatic hydroxyl groups is 1. The molecule has 18 heavy (non-hydrogen) atoms. The Hall–Kier alpha value is -0.100. The molecule has 1 aromatic rings. The second-order valence-corrected chi connectivity index (χ2v) is 6.02. The van der Waals surface area contributed by atoms with Gasteiger partial charge in [-0.05, 0) is 62.4 Å². The van der Waals surface area contributed by atoms with E-state index in [4.69, 9.17) is 10.5 Å². The number of benzene rings is 1. The van der Waals surface area contributed by atoms with Gasteiger partial charge in [-0.3, -0.25) is 0 Å². The minimum Gasteiger partial charge on any atom is -0.488 e. The number of rotatable bonds is 6. The van der Waals surface area contributed by atoms with Gasteiger partial charge in [-0.2, -0.15) is 0 Å². The summed E-state index contributed by atoms with van der Waals surface area (Å²) < 4.78 is 7.41. The molecule has 3 nitrogen and oxygen atoms in total. The third-order valence-electron chi connectivity index (χ3n) is 3.10. The van der Waals surface area contributed by atoms with Crippen molar-refractivity contribution in [2.75, 3.05) is 6.61 Å². The fourth-order valence-corrected chi connectivity index (χ4v) is 3.04. The van der Waals surface area contributed by atoms with E-state index in [2.05, 4.69) is 31.9 Å². The summed E-state index contributed by atoms with van der Waals surface area (Å²) in [5.74, 6) is 0.701. The maximum atomic E-state index is 10.2. The summed E-state index contributed by atoms with van der Waals surface area (Å²) in [7, 11) is 0. The lowest BCUT2D eigenvalue weighted by Gasteiger charge is -2.25. The zero-order valence-electron chi connectivity index (χ0n) is 10.7. The number of hydrogen-bond acceptors (Lipinski definition) is 3. The number of nitrogens with two attached hydrogens (primary N) is 1. The molecule has 0 amide bonds. The van der Waals surface area contributed by atoms with Crippen molar-refractivity contribution in [3.8, 4) is 5.75 Å². The molecule has 0 radical (unpaired) electrons. The number of hydrogen-bond donors (Lipinski definition) is 2. The van der Waals surface area contributed by atoms with Crippen LogP contribution in [0.1, 0.15) is 32.3 Å². The summed E-state index contributed by atoms with van der Waals surface area (Å²) in [6.45, 7) is 4.66. The molecule has 0 atom stereocenters. The van der Waals surface area contributed by atoms with E-state index in [-0.39, 0.29) is 6.61 Å². The normalized spacial score (nSPS) is 11.7. The highest BCUT2D eigenvalue weighted by Gasteiger charge is 2.24. The lowest BCUT2D eigenvalue weighted by Crippen LogP contribution is -2.34. The Balaban J connectivity index is 2.85. The average Bonchev–Trinajstić information content (AvgIpc) is 2.37. The Morgan fingerprint density at radius 1 is 1.22 bits per heavy atom. The molecule has 3 N–H and O–H groups in total. The van der Waals surface area contributed by atoms with Crippen LogP contribution in [0.4, 0.5) is 0 Å². The van der Waals surface area contributed by atoms with E-state index >= 15 is 0 Å². The Morgan fingerprint density at radius 2 is 1.72 bits per heavy atom. The molecule has 0 saturated heterocycles. The molecule has 0 spiro atoms. The van der Waals surface area contributed by atoms with Crippen molar-refractivity contribution >= 4 is 31.9 Å². The summed E-state index contributed by atoms with van der Waals surface area (Å²) in [5.41, 5.74) is 5.85. The fraction of sp³-hybridized carbons (Fsp3) is 0.538. The third kappa shape index (κ3) is 3.95. The van der Waals surface area contributed by atoms with Gasteiger partial charge in [0.2, 0.25) is 0 Å². The predicted octanol–water partition coefficient (Wildman–Crippen LogP) is 3.60. The molecule has 0 heterocycles. The van der Waals surface area contributed by atoms with Gasteiger partial charge in [0.15, 0.2) is 0 Å². The summed E-state index contributed by atoms with van der Waals surface area (Å²) in [6, 6.07) is 3.86. The first-order chi connectivity index (χ1) is 8.45. The van der Waals surface area contributed by atoms with Gasteiger partial charge in [0, 0.05) is 6.54 Å². The van der Waals surface area contributed by atoms with E-state index in [1.165, 1.54) is 0 Å². The standard InChI is InChI=1S/C13H19Br2NO2/c1-3-13(17,4-2)8-18-12-10(14)5-9(7-16)6-11(12)15/h5-6,17H,3-4,7-8,16H2,1-2H3. The van der Waals surface area contributed by atoms with Crippen LogP contribution in [0.3, 0.4) is 0 Å². The molecule has 0 aliphatic carbocycles. The zero-order chi connectivity index (χ0) is 13.8. The van der Waals surface area contributed by atoms with Crippen LogP contribution in [0.5, 0.6) is 5.75 Å². The van der Waals surface area contributed by atoms with Crippen LogP contribution in [0, 0.1) is 0 Å². The fourth-order valence-electron chi connectivity index (χ4n) is 1.53. The smallest absolute Gasteiger partial charge is 0.147 e. The Bertz CT molecular complexity index is 383. The molecule has 0 aromatic heterocycles. The topological polar surface area (TPSA) is 55.5 Å². The molecule has 1 rings (SSSR count). The van der Waals surface area contributed by atoms with Gasteiger partial charge in [0.05, 0.1) is 14.5 Å². The third-order valence-corrected chi connectivity index (χ3v) is 4.27. The van der Waals surface area contributed by atoms with Gasteiger partial charge < -0.3 is 15.6 Å². The molecule has 0 bridgehead atoms. The van der Waals surface area contributed by atoms with Crippen molar-refractivity contribution in [3.63, 3.8) is 0 Å². The highest BCUT2D eigenvalue weighted by Crippen LogP contribution is 2.35. The molecule has 5 heteroatoms. The Kier molecular flexibility index (Phi) is 6.11. The van der Waals surface area contributed by atoms with E-state index in [9.17, 15) is 5.11 Å². The lowest BCUT2D eigenvalue weighted by molar-refractivity contribution is -0.0117. The first kappa shape index (κ1) is 16.0. The quantitative estimate of drug-likeness (QED) is 0.792. The highest BCUT2D eigenvalue weighted by atomic mass is 79.9. The van der Waals surface area contributed by atoms with Crippen LogP contribution >= 0.6 is 31.9 Å². The molecule has 0 aliphatic heterocycles. The molecule has 0 aliphatic rings. The second-order valence-electron chi connectivity index (χ2n) is 4.31. The molecule has 102 valence electrons. The van der Waals surface area contributed by atoms with Gasteiger partial charge in [0.25, 0.3) is 0 Å². The van der Waals surface area contributed by atoms with Crippen molar-refractivity contribution in [2.45, 2.75) is 38.8 Å². The number of halogens is 2. The van der Waals surface area contributed by atoms with Crippen LogP contribution < -0.4 is 10.5 Å². The molecule has 0 fully saturated rings. The second kappa shape index (κ2) is 6.89. The molecular weight excluding hydrogens is 362 g/mol. The van der Waals surface area contributed by atoms with Gasteiger partial charge in [0.1, 0.15) is 12.4 Å². The number of ether oxygens (including phenoxy) is 1. The highest BCUT2D eigenvalue weighted by molar-refractivity contribution is 9.11. The largest absolute Gasteiger partial charge is 0.488 e. The average molecular weight is 381 g/mol. The zero-order valence-corrected chi connectivity index (χ0v) is 13.8. The van der Waals surface area contributed by atoms with Gasteiger partial charge >= 0.3 is 0 Å². The van der Waals surface area contributed by atoms with Crippen LogP contribution in [-0.4, -0.2) is 17.3 Å². The maximum Gasteiger partial charge on any atom is 0.147 e. The van der Waals surface area contributed by atoms with Crippen molar-refractivity contribution < 1.29 is 9.84 Å². The predicted molar refractivity (Wildman–Crippen MR) is 80.8 cm³/mol. The van der Waals surface area contributed by atoms with Crippen molar-refractivity contribution in [2.24, 2.45) is 5.73 Å². The van der Waals surface area contributed by atoms with Crippen molar-refractivity contribution in [1.29, 1.82) is 0 Å². The van der Waals surface area contributed by atoms with Crippen LogP contribution in [-0.2, 0) is 6.54 Å². The molecule has 1 aromatic carbocycles. The maximum absolute atomic E-state index is 10.2. The van der Waals surface area contributed by atoms with Crippen LogP contribution in [0.15, 0.2) is 21.1 Å². The molecule has 0 saturated carbocycles. The first-order valence-electron chi connectivity index (χ1n) is 5.99. The van der Waals surface area contributed by atoms with E-state index < -0.39 is 5.60 Å².